The molecule has 0 saturated carbocycles. The second-order valence-electron chi connectivity index (χ2n) is 4.95. The van der Waals surface area contributed by atoms with Crippen molar-refractivity contribution in [2.24, 2.45) is 0 Å². The molecule has 0 saturated heterocycles. The van der Waals surface area contributed by atoms with Crippen LogP contribution in [0.25, 0.3) is 0 Å². The quantitative estimate of drug-likeness (QED) is 0.897. The highest BCUT2D eigenvalue weighted by Gasteiger charge is 2.12. The zero-order valence-corrected chi connectivity index (χ0v) is 11.8. The molecule has 1 aromatic heterocycles. The summed E-state index contributed by atoms with van der Waals surface area (Å²) >= 11 is 0. The van der Waals surface area contributed by atoms with Crippen LogP contribution in [0.2, 0.25) is 0 Å². The number of aliphatic hydroxyl groups excluding tert-OH is 1. The van der Waals surface area contributed by atoms with Gasteiger partial charge < -0.3 is 9.67 Å². The van der Waals surface area contributed by atoms with Gasteiger partial charge in [-0.1, -0.05) is 30.7 Å². The minimum Gasteiger partial charge on any atom is -0.388 e. The Morgan fingerprint density at radius 1 is 1.16 bits per heavy atom. The number of hydrogen-bond acceptors (Lipinski definition) is 3. The van der Waals surface area contributed by atoms with Crippen LogP contribution in [0, 0.1) is 13.8 Å². The van der Waals surface area contributed by atoms with Crippen LogP contribution in [0.3, 0.4) is 0 Å². The lowest BCUT2D eigenvalue weighted by Gasteiger charge is -2.10. The van der Waals surface area contributed by atoms with E-state index in [1.165, 1.54) is 16.7 Å². The van der Waals surface area contributed by atoms with Gasteiger partial charge in [0.2, 0.25) is 0 Å². The van der Waals surface area contributed by atoms with Crippen LogP contribution in [0.5, 0.6) is 0 Å². The van der Waals surface area contributed by atoms with Crippen molar-refractivity contribution in [1.82, 2.24) is 14.8 Å². The van der Waals surface area contributed by atoms with Gasteiger partial charge in [0.05, 0.1) is 0 Å². The molecule has 0 atom stereocenters. The number of nitrogens with zero attached hydrogens (tertiary/aromatic N) is 3. The van der Waals surface area contributed by atoms with Crippen molar-refractivity contribution in [3.63, 3.8) is 0 Å². The van der Waals surface area contributed by atoms with Crippen LogP contribution in [-0.2, 0) is 19.6 Å². The molecule has 0 aliphatic heterocycles. The molecule has 2 rings (SSSR count). The smallest absolute Gasteiger partial charge is 0.158 e. The molecule has 0 radical (unpaired) electrons. The number of aryl methyl sites for hydroxylation is 2. The molecule has 0 unspecified atom stereocenters. The van der Waals surface area contributed by atoms with Crippen LogP contribution in [0.1, 0.15) is 41.7 Å². The average Bonchev–Trinajstić information content (AvgIpc) is 2.77. The van der Waals surface area contributed by atoms with E-state index in [2.05, 4.69) is 49.2 Å². The highest BCUT2D eigenvalue weighted by atomic mass is 16.3. The minimum absolute atomic E-state index is 0.0558. The normalized spacial score (nSPS) is 10.9. The van der Waals surface area contributed by atoms with Crippen molar-refractivity contribution in [2.45, 2.75) is 46.8 Å². The summed E-state index contributed by atoms with van der Waals surface area (Å²) in [5, 5.41) is 17.6. The summed E-state index contributed by atoms with van der Waals surface area (Å²) < 4.78 is 2.03. The molecule has 1 N–H and O–H groups in total. The molecule has 0 aliphatic rings. The summed E-state index contributed by atoms with van der Waals surface area (Å²) in [5.41, 5.74) is 3.79. The van der Waals surface area contributed by atoms with Gasteiger partial charge in [0.25, 0.3) is 0 Å². The average molecular weight is 259 g/mol. The van der Waals surface area contributed by atoms with Crippen molar-refractivity contribution in [3.8, 4) is 0 Å². The first-order valence-electron chi connectivity index (χ1n) is 6.73. The van der Waals surface area contributed by atoms with E-state index in [9.17, 15) is 5.11 Å². The second kappa shape index (κ2) is 5.97. The predicted molar refractivity (Wildman–Crippen MR) is 75.0 cm³/mol. The van der Waals surface area contributed by atoms with Crippen molar-refractivity contribution in [3.05, 3.63) is 46.5 Å². The summed E-state index contributed by atoms with van der Waals surface area (Å²) in [6.07, 6.45) is 1.77. The monoisotopic (exact) mass is 259 g/mol. The van der Waals surface area contributed by atoms with Gasteiger partial charge in [0.1, 0.15) is 12.4 Å². The number of aromatic nitrogens is 3. The highest BCUT2D eigenvalue weighted by Crippen LogP contribution is 2.16. The topological polar surface area (TPSA) is 50.9 Å². The predicted octanol–water partition coefficient (Wildman–Crippen LogP) is 2.39. The van der Waals surface area contributed by atoms with Gasteiger partial charge in [-0.15, -0.1) is 10.2 Å². The molecular weight excluding hydrogens is 238 g/mol. The summed E-state index contributed by atoms with van der Waals surface area (Å²) in [4.78, 5) is 0. The number of hydrogen-bond donors (Lipinski definition) is 1. The molecule has 102 valence electrons. The molecule has 1 aromatic carbocycles. The number of rotatable bonds is 5. The molecule has 0 amide bonds. The first-order chi connectivity index (χ1) is 9.15. The Labute approximate surface area is 114 Å². The van der Waals surface area contributed by atoms with Gasteiger partial charge >= 0.3 is 0 Å². The van der Waals surface area contributed by atoms with E-state index < -0.39 is 0 Å². The lowest BCUT2D eigenvalue weighted by molar-refractivity contribution is 0.264. The fraction of sp³-hybridized carbons (Fsp3) is 0.467. The SMILES string of the molecule is CCCn1c(CO)nnc1Cc1cc(C)ccc1C. The molecule has 0 bridgehead atoms. The van der Waals surface area contributed by atoms with Crippen LogP contribution < -0.4 is 0 Å². The molecule has 4 heteroatoms. The minimum atomic E-state index is -0.0558. The highest BCUT2D eigenvalue weighted by molar-refractivity contribution is 5.32. The van der Waals surface area contributed by atoms with Gasteiger partial charge in [0.15, 0.2) is 5.82 Å². The van der Waals surface area contributed by atoms with E-state index in [1.54, 1.807) is 0 Å². The maximum Gasteiger partial charge on any atom is 0.158 e. The number of aliphatic hydroxyl groups is 1. The first-order valence-corrected chi connectivity index (χ1v) is 6.73. The van der Waals surface area contributed by atoms with Crippen LogP contribution in [0.4, 0.5) is 0 Å². The molecule has 19 heavy (non-hydrogen) atoms. The Morgan fingerprint density at radius 3 is 2.58 bits per heavy atom. The molecule has 0 fully saturated rings. The Hall–Kier alpha value is -1.68. The van der Waals surface area contributed by atoms with E-state index in [0.29, 0.717) is 5.82 Å². The van der Waals surface area contributed by atoms with Crippen molar-refractivity contribution < 1.29 is 5.11 Å². The van der Waals surface area contributed by atoms with E-state index in [-0.39, 0.29) is 6.61 Å². The Kier molecular flexibility index (Phi) is 4.32. The van der Waals surface area contributed by atoms with Gasteiger partial charge in [-0.2, -0.15) is 0 Å². The molecule has 4 nitrogen and oxygen atoms in total. The lowest BCUT2D eigenvalue weighted by Crippen LogP contribution is -2.08. The van der Waals surface area contributed by atoms with Crippen molar-refractivity contribution >= 4 is 0 Å². The molecule has 0 aliphatic carbocycles. The van der Waals surface area contributed by atoms with Crippen LogP contribution >= 0.6 is 0 Å². The van der Waals surface area contributed by atoms with Crippen molar-refractivity contribution in [1.29, 1.82) is 0 Å². The van der Waals surface area contributed by atoms with E-state index in [1.807, 2.05) is 4.57 Å². The summed E-state index contributed by atoms with van der Waals surface area (Å²) in [6.45, 7) is 7.12. The van der Waals surface area contributed by atoms with Crippen molar-refractivity contribution in [2.75, 3.05) is 0 Å². The third kappa shape index (κ3) is 3.01. The Bertz CT molecular complexity index is 561. The van der Waals surface area contributed by atoms with Gasteiger partial charge in [-0.05, 0) is 31.4 Å². The summed E-state index contributed by atoms with van der Waals surface area (Å²) in [6, 6.07) is 6.45. The van der Waals surface area contributed by atoms with Gasteiger partial charge in [0, 0.05) is 13.0 Å². The van der Waals surface area contributed by atoms with E-state index in [0.717, 1.165) is 25.2 Å². The zero-order chi connectivity index (χ0) is 13.8. The fourth-order valence-corrected chi connectivity index (χ4v) is 2.26. The van der Waals surface area contributed by atoms with Crippen LogP contribution in [0.15, 0.2) is 18.2 Å². The third-order valence-electron chi connectivity index (χ3n) is 3.35. The number of benzene rings is 1. The maximum atomic E-state index is 9.30. The first kappa shape index (κ1) is 13.7. The van der Waals surface area contributed by atoms with Gasteiger partial charge in [-0.25, -0.2) is 0 Å². The maximum absolute atomic E-state index is 9.30. The molecule has 0 spiro atoms. The standard InChI is InChI=1S/C15H21N3O/c1-4-7-18-14(16-17-15(18)10-19)9-13-8-11(2)5-6-12(13)3/h5-6,8,19H,4,7,9-10H2,1-3H3. The summed E-state index contributed by atoms with van der Waals surface area (Å²) in [5.74, 6) is 1.58. The molecule has 2 aromatic rings. The molecule has 1 heterocycles. The van der Waals surface area contributed by atoms with E-state index >= 15 is 0 Å². The van der Waals surface area contributed by atoms with E-state index in [4.69, 9.17) is 0 Å². The lowest BCUT2D eigenvalue weighted by atomic mass is 10.0. The Balaban J connectivity index is 2.32. The zero-order valence-electron chi connectivity index (χ0n) is 11.8. The largest absolute Gasteiger partial charge is 0.388 e. The Morgan fingerprint density at radius 2 is 1.89 bits per heavy atom. The van der Waals surface area contributed by atoms with Crippen LogP contribution in [-0.4, -0.2) is 19.9 Å². The fourth-order valence-electron chi connectivity index (χ4n) is 2.26. The summed E-state index contributed by atoms with van der Waals surface area (Å²) in [7, 11) is 0. The molecular formula is C15H21N3O. The van der Waals surface area contributed by atoms with Gasteiger partial charge in [-0.3, -0.25) is 0 Å². The third-order valence-corrected chi connectivity index (χ3v) is 3.35. The second-order valence-corrected chi connectivity index (χ2v) is 4.95.